The minimum absolute atomic E-state index is 0.0385. The normalized spacial score (nSPS) is 38.2. The van der Waals surface area contributed by atoms with Gasteiger partial charge in [-0.05, 0) is 82.0 Å². The van der Waals surface area contributed by atoms with Crippen LogP contribution in [0.1, 0.15) is 84.5 Å². The van der Waals surface area contributed by atoms with Crippen molar-refractivity contribution in [2.45, 2.75) is 96.9 Å². The number of allylic oxidation sites excluding steroid dienone is 3. The van der Waals surface area contributed by atoms with Crippen LogP contribution in [-0.4, -0.2) is 37.9 Å². The summed E-state index contributed by atoms with van der Waals surface area (Å²) in [6.45, 7) is 5.15. The Morgan fingerprint density at radius 2 is 1.91 bits per heavy atom. The maximum absolute atomic E-state index is 13.2. The fraction of sp³-hybridized carbons (Fsp3) is 0.793. The number of rotatable bonds is 8. The van der Waals surface area contributed by atoms with Gasteiger partial charge in [0.05, 0.1) is 13.2 Å². The van der Waals surface area contributed by atoms with E-state index in [1.165, 1.54) is 19.1 Å². The maximum Gasteiger partial charge on any atom is 0.316 e. The number of esters is 1. The first-order valence-electron chi connectivity index (χ1n) is 13.7. The zero-order chi connectivity index (χ0) is 24.1. The second kappa shape index (κ2) is 12.0. The minimum Gasteiger partial charge on any atom is -0.468 e. The van der Waals surface area contributed by atoms with Crippen LogP contribution in [0.3, 0.4) is 0 Å². The molecule has 4 aliphatic rings. The topological polar surface area (TPSA) is 61.8 Å². The van der Waals surface area contributed by atoms with Gasteiger partial charge in [-0.3, -0.25) is 9.59 Å². The SMILES string of the molecule is CC=C[C@@H]1[C@H]2CC(=CCC(=O)C(C(=O)OC)C3CCC(C)CC3)C[C@@H]2C[C@H]1OC1CCCCO1. The van der Waals surface area contributed by atoms with Gasteiger partial charge < -0.3 is 14.2 Å². The van der Waals surface area contributed by atoms with Crippen molar-refractivity contribution in [2.75, 3.05) is 13.7 Å². The zero-order valence-corrected chi connectivity index (χ0v) is 21.4. The fourth-order valence-corrected chi connectivity index (χ4v) is 7.00. The van der Waals surface area contributed by atoms with Crippen LogP contribution in [-0.2, 0) is 23.8 Å². The highest BCUT2D eigenvalue weighted by molar-refractivity contribution is 5.99. The monoisotopic (exact) mass is 472 g/mol. The largest absolute Gasteiger partial charge is 0.468 e. The van der Waals surface area contributed by atoms with Crippen molar-refractivity contribution >= 4 is 11.8 Å². The molecule has 0 aromatic heterocycles. The van der Waals surface area contributed by atoms with Gasteiger partial charge in [-0.2, -0.15) is 0 Å². The molecule has 1 saturated heterocycles. The van der Waals surface area contributed by atoms with E-state index in [-0.39, 0.29) is 30.1 Å². The molecule has 5 heteroatoms. The lowest BCUT2D eigenvalue weighted by Gasteiger charge is -2.30. The number of ether oxygens (including phenoxy) is 3. The molecule has 0 aromatic carbocycles. The number of hydrogen-bond donors (Lipinski definition) is 0. The van der Waals surface area contributed by atoms with Crippen LogP contribution in [0.5, 0.6) is 0 Å². The standard InChI is InChI=1S/C29H44O5/c1-4-7-23-24-17-20(16-22(24)18-26(23)34-27-8-5-6-15-33-27)11-14-25(30)28(29(31)32-3)21-12-9-19(2)10-13-21/h4,7,11,19,21-24,26-28H,5-6,8-10,12-18H2,1-3H3/t19?,21?,22-,23-,24+,26-,27?,28?/m1/s1. The lowest BCUT2D eigenvalue weighted by Crippen LogP contribution is -2.34. The summed E-state index contributed by atoms with van der Waals surface area (Å²) in [6.07, 6.45) is 17.7. The number of methoxy groups -OCH3 is 1. The molecule has 0 amide bonds. The summed E-state index contributed by atoms with van der Waals surface area (Å²) >= 11 is 0. The predicted molar refractivity (Wildman–Crippen MR) is 132 cm³/mol. The Morgan fingerprint density at radius 3 is 2.59 bits per heavy atom. The molecule has 3 saturated carbocycles. The Labute approximate surface area is 205 Å². The van der Waals surface area contributed by atoms with E-state index < -0.39 is 5.92 Å². The molecule has 190 valence electrons. The fourth-order valence-electron chi connectivity index (χ4n) is 7.00. The third kappa shape index (κ3) is 6.02. The molecule has 1 aliphatic heterocycles. The Kier molecular flexibility index (Phi) is 9.03. The molecule has 5 nitrogen and oxygen atoms in total. The number of Topliss-reactive ketones (excluding diaryl/α,β-unsaturated/α-hetero) is 1. The lowest BCUT2D eigenvalue weighted by molar-refractivity contribution is -0.193. The number of hydrogen-bond acceptors (Lipinski definition) is 5. The first-order valence-corrected chi connectivity index (χ1v) is 13.7. The summed E-state index contributed by atoms with van der Waals surface area (Å²) in [5, 5.41) is 0. The number of carbonyl (C=O) groups is 2. The van der Waals surface area contributed by atoms with Gasteiger partial charge in [-0.15, -0.1) is 0 Å². The van der Waals surface area contributed by atoms with Crippen molar-refractivity contribution in [1.82, 2.24) is 0 Å². The molecule has 1 heterocycles. The average Bonchev–Trinajstić information content (AvgIpc) is 3.38. The highest BCUT2D eigenvalue weighted by Crippen LogP contribution is 2.52. The summed E-state index contributed by atoms with van der Waals surface area (Å²) in [6, 6.07) is 0. The maximum atomic E-state index is 13.2. The predicted octanol–water partition coefficient (Wildman–Crippen LogP) is 6.02. The number of carbonyl (C=O) groups excluding carboxylic acids is 2. The van der Waals surface area contributed by atoms with Crippen molar-refractivity contribution in [2.24, 2.45) is 35.5 Å². The molecule has 0 spiro atoms. The minimum atomic E-state index is -0.598. The summed E-state index contributed by atoms with van der Waals surface area (Å²) < 4.78 is 17.3. The Hall–Kier alpha value is -1.46. The molecule has 6 atom stereocenters. The van der Waals surface area contributed by atoms with Gasteiger partial charge in [0, 0.05) is 18.9 Å². The first-order chi connectivity index (χ1) is 16.5. The zero-order valence-electron chi connectivity index (χ0n) is 21.4. The van der Waals surface area contributed by atoms with E-state index in [2.05, 4.69) is 32.1 Å². The highest BCUT2D eigenvalue weighted by atomic mass is 16.7. The lowest BCUT2D eigenvalue weighted by atomic mass is 9.74. The van der Waals surface area contributed by atoms with Gasteiger partial charge in [0.1, 0.15) is 5.92 Å². The Bertz CT molecular complexity index is 756. The first kappa shape index (κ1) is 25.6. The van der Waals surface area contributed by atoms with Gasteiger partial charge >= 0.3 is 5.97 Å². The molecule has 0 bridgehead atoms. The van der Waals surface area contributed by atoms with Crippen LogP contribution in [0.25, 0.3) is 0 Å². The average molecular weight is 473 g/mol. The quantitative estimate of drug-likeness (QED) is 0.245. The molecular formula is C29H44O5. The molecule has 4 fully saturated rings. The second-order valence-corrected chi connectivity index (χ2v) is 11.2. The van der Waals surface area contributed by atoms with E-state index >= 15 is 0 Å². The molecule has 0 radical (unpaired) electrons. The molecule has 0 N–H and O–H groups in total. The van der Waals surface area contributed by atoms with E-state index in [9.17, 15) is 9.59 Å². The van der Waals surface area contributed by atoms with Crippen molar-refractivity contribution in [1.29, 1.82) is 0 Å². The number of fused-ring (bicyclic) bond motifs is 1. The van der Waals surface area contributed by atoms with Crippen LogP contribution in [0.4, 0.5) is 0 Å². The van der Waals surface area contributed by atoms with E-state index in [0.29, 0.717) is 30.1 Å². The summed E-state index contributed by atoms with van der Waals surface area (Å²) in [4.78, 5) is 25.7. The van der Waals surface area contributed by atoms with Crippen LogP contribution in [0, 0.1) is 35.5 Å². The van der Waals surface area contributed by atoms with Crippen molar-refractivity contribution in [3.8, 4) is 0 Å². The smallest absolute Gasteiger partial charge is 0.316 e. The van der Waals surface area contributed by atoms with Gasteiger partial charge in [0.15, 0.2) is 12.1 Å². The van der Waals surface area contributed by atoms with Gasteiger partial charge in [-0.25, -0.2) is 0 Å². The summed E-state index contributed by atoms with van der Waals surface area (Å²) in [7, 11) is 1.41. The van der Waals surface area contributed by atoms with Crippen LogP contribution < -0.4 is 0 Å². The third-order valence-corrected chi connectivity index (χ3v) is 8.89. The van der Waals surface area contributed by atoms with E-state index in [1.54, 1.807) is 0 Å². The molecule has 3 aliphatic carbocycles. The second-order valence-electron chi connectivity index (χ2n) is 11.2. The van der Waals surface area contributed by atoms with Crippen molar-refractivity contribution in [3.05, 3.63) is 23.8 Å². The molecule has 34 heavy (non-hydrogen) atoms. The van der Waals surface area contributed by atoms with Crippen LogP contribution in [0.2, 0.25) is 0 Å². The van der Waals surface area contributed by atoms with Gasteiger partial charge in [-0.1, -0.05) is 43.6 Å². The third-order valence-electron chi connectivity index (χ3n) is 8.89. The van der Waals surface area contributed by atoms with Crippen molar-refractivity contribution < 1.29 is 23.8 Å². The highest BCUT2D eigenvalue weighted by Gasteiger charge is 2.47. The van der Waals surface area contributed by atoms with Crippen LogP contribution >= 0.6 is 0 Å². The van der Waals surface area contributed by atoms with E-state index in [0.717, 1.165) is 64.4 Å². The molecular weight excluding hydrogens is 428 g/mol. The number of ketones is 1. The van der Waals surface area contributed by atoms with Crippen LogP contribution in [0.15, 0.2) is 23.8 Å². The van der Waals surface area contributed by atoms with Crippen molar-refractivity contribution in [3.63, 3.8) is 0 Å². The van der Waals surface area contributed by atoms with Gasteiger partial charge in [0.25, 0.3) is 0 Å². The van der Waals surface area contributed by atoms with Gasteiger partial charge in [0.2, 0.25) is 0 Å². The molecule has 0 aromatic rings. The summed E-state index contributed by atoms with van der Waals surface area (Å²) in [5.74, 6) is 1.51. The summed E-state index contributed by atoms with van der Waals surface area (Å²) in [5.41, 5.74) is 1.38. The van der Waals surface area contributed by atoms with E-state index in [4.69, 9.17) is 14.2 Å². The Morgan fingerprint density at radius 1 is 1.12 bits per heavy atom. The molecule has 4 rings (SSSR count). The van der Waals surface area contributed by atoms with E-state index in [1.807, 2.05) is 0 Å². The molecule has 2 unspecified atom stereocenters. The Balaban J connectivity index is 1.35.